The molecule has 10 heavy (non-hydrogen) atoms. The SMILES string of the molecule is CC1CC2CCCC(C1)P2. The molecule has 0 aliphatic carbocycles. The van der Waals surface area contributed by atoms with E-state index < -0.39 is 0 Å². The lowest BCUT2D eigenvalue weighted by Crippen LogP contribution is -2.25. The van der Waals surface area contributed by atoms with Gasteiger partial charge < -0.3 is 0 Å². The highest BCUT2D eigenvalue weighted by atomic mass is 31.1. The van der Waals surface area contributed by atoms with E-state index in [1.54, 1.807) is 25.7 Å². The molecule has 58 valence electrons. The first-order valence-electron chi connectivity index (χ1n) is 4.60. The topological polar surface area (TPSA) is 0 Å². The van der Waals surface area contributed by atoms with Gasteiger partial charge >= 0.3 is 0 Å². The Hall–Kier alpha value is 0.430. The van der Waals surface area contributed by atoms with E-state index in [1.807, 2.05) is 0 Å². The lowest BCUT2D eigenvalue weighted by atomic mass is 9.91. The molecule has 2 aliphatic heterocycles. The van der Waals surface area contributed by atoms with Crippen LogP contribution in [0.4, 0.5) is 0 Å². The van der Waals surface area contributed by atoms with E-state index in [9.17, 15) is 0 Å². The molecule has 0 amide bonds. The molecule has 2 atom stereocenters. The Morgan fingerprint density at radius 1 is 1.10 bits per heavy atom. The van der Waals surface area contributed by atoms with E-state index in [1.165, 1.54) is 15.0 Å². The van der Waals surface area contributed by atoms with Gasteiger partial charge in [-0.2, -0.15) is 0 Å². The van der Waals surface area contributed by atoms with Crippen molar-refractivity contribution < 1.29 is 0 Å². The summed E-state index contributed by atoms with van der Waals surface area (Å²) < 4.78 is 0. The minimum absolute atomic E-state index is 1.05. The maximum atomic E-state index is 2.44. The third kappa shape index (κ3) is 1.37. The summed E-state index contributed by atoms with van der Waals surface area (Å²) >= 11 is 0. The Kier molecular flexibility index (Phi) is 2.00. The van der Waals surface area contributed by atoms with Crippen LogP contribution in [0.1, 0.15) is 39.0 Å². The smallest absolute Gasteiger partial charge is 0.0232 e. The second-order valence-corrected chi connectivity index (χ2v) is 6.03. The third-order valence-electron chi connectivity index (χ3n) is 2.95. The van der Waals surface area contributed by atoms with Crippen molar-refractivity contribution in [2.45, 2.75) is 50.3 Å². The molecule has 0 aromatic carbocycles. The monoisotopic (exact) mass is 156 g/mol. The third-order valence-corrected chi connectivity index (χ3v) is 4.94. The second kappa shape index (κ2) is 2.81. The van der Waals surface area contributed by atoms with Crippen LogP contribution in [0.5, 0.6) is 0 Å². The Labute approximate surface area is 65.6 Å². The van der Waals surface area contributed by atoms with Crippen molar-refractivity contribution in [3.8, 4) is 0 Å². The van der Waals surface area contributed by atoms with Crippen LogP contribution in [0, 0.1) is 5.92 Å². The van der Waals surface area contributed by atoms with Crippen molar-refractivity contribution in [2.75, 3.05) is 0 Å². The molecule has 0 nitrogen and oxygen atoms in total. The summed E-state index contributed by atoms with van der Waals surface area (Å²) in [5, 5.41) is 0. The van der Waals surface area contributed by atoms with E-state index in [-0.39, 0.29) is 0 Å². The molecule has 0 aromatic heterocycles. The molecule has 2 unspecified atom stereocenters. The van der Waals surface area contributed by atoms with E-state index in [4.69, 9.17) is 0 Å². The molecular weight excluding hydrogens is 139 g/mol. The molecule has 2 aliphatic rings. The molecule has 0 N–H and O–H groups in total. The minimum atomic E-state index is 1.05. The summed E-state index contributed by atoms with van der Waals surface area (Å²) in [6.07, 6.45) is 7.75. The predicted octanol–water partition coefficient (Wildman–Crippen LogP) is 3.02. The van der Waals surface area contributed by atoms with Crippen LogP contribution < -0.4 is 0 Å². The molecule has 2 fully saturated rings. The Bertz CT molecular complexity index is 106. The summed E-state index contributed by atoms with van der Waals surface area (Å²) in [7, 11) is 1.34. The van der Waals surface area contributed by atoms with Crippen LogP contribution >= 0.6 is 8.58 Å². The zero-order valence-electron chi connectivity index (χ0n) is 6.77. The van der Waals surface area contributed by atoms with Gasteiger partial charge in [0, 0.05) is 0 Å². The lowest BCUT2D eigenvalue weighted by Gasteiger charge is -2.37. The van der Waals surface area contributed by atoms with E-state index in [0.717, 1.165) is 17.2 Å². The lowest BCUT2D eigenvalue weighted by molar-refractivity contribution is 0.388. The first-order valence-corrected chi connectivity index (χ1v) is 5.76. The van der Waals surface area contributed by atoms with Crippen molar-refractivity contribution in [3.63, 3.8) is 0 Å². The fourth-order valence-electron chi connectivity index (χ4n) is 2.55. The maximum absolute atomic E-state index is 2.44. The highest BCUT2D eigenvalue weighted by Crippen LogP contribution is 2.47. The fourth-order valence-corrected chi connectivity index (χ4v) is 5.04. The van der Waals surface area contributed by atoms with Gasteiger partial charge in [-0.3, -0.25) is 0 Å². The highest BCUT2D eigenvalue weighted by molar-refractivity contribution is 7.40. The predicted molar refractivity (Wildman–Crippen MR) is 48.1 cm³/mol. The second-order valence-electron chi connectivity index (χ2n) is 4.07. The van der Waals surface area contributed by atoms with Gasteiger partial charge in [-0.1, -0.05) is 13.3 Å². The first kappa shape index (κ1) is 7.10. The summed E-state index contributed by atoms with van der Waals surface area (Å²) in [6, 6.07) is 0. The van der Waals surface area contributed by atoms with Crippen molar-refractivity contribution in [3.05, 3.63) is 0 Å². The summed E-state index contributed by atoms with van der Waals surface area (Å²) in [6.45, 7) is 2.44. The number of hydrogen-bond donors (Lipinski definition) is 0. The fraction of sp³-hybridized carbons (Fsp3) is 1.00. The van der Waals surface area contributed by atoms with Crippen molar-refractivity contribution in [1.82, 2.24) is 0 Å². The van der Waals surface area contributed by atoms with Gasteiger partial charge in [-0.15, -0.1) is 8.58 Å². The molecule has 2 rings (SSSR count). The molecule has 1 heteroatoms. The van der Waals surface area contributed by atoms with Crippen molar-refractivity contribution in [2.24, 2.45) is 5.92 Å². The summed E-state index contributed by atoms with van der Waals surface area (Å²) in [5.41, 5.74) is 2.31. The number of hydrogen-bond acceptors (Lipinski definition) is 0. The zero-order chi connectivity index (χ0) is 6.97. The average Bonchev–Trinajstić information content (AvgIpc) is 1.85. The van der Waals surface area contributed by atoms with Crippen LogP contribution in [0.25, 0.3) is 0 Å². The van der Waals surface area contributed by atoms with Crippen LogP contribution in [-0.4, -0.2) is 11.3 Å². The Balaban J connectivity index is 1.98. The Morgan fingerprint density at radius 2 is 1.70 bits per heavy atom. The number of rotatable bonds is 0. The molecule has 2 heterocycles. The minimum Gasteiger partial charge on any atom is -0.116 e. The van der Waals surface area contributed by atoms with Crippen molar-refractivity contribution in [1.29, 1.82) is 0 Å². The number of fused-ring (bicyclic) bond motifs is 2. The highest BCUT2D eigenvalue weighted by Gasteiger charge is 2.29. The summed E-state index contributed by atoms with van der Waals surface area (Å²) in [4.78, 5) is 0. The quantitative estimate of drug-likeness (QED) is 0.473. The van der Waals surface area contributed by atoms with Gasteiger partial charge in [0.1, 0.15) is 0 Å². The van der Waals surface area contributed by atoms with Gasteiger partial charge in [-0.25, -0.2) is 0 Å². The van der Waals surface area contributed by atoms with Gasteiger partial charge in [0.05, 0.1) is 0 Å². The van der Waals surface area contributed by atoms with Gasteiger partial charge in [0.2, 0.25) is 0 Å². The first-order chi connectivity index (χ1) is 4.84. The van der Waals surface area contributed by atoms with Gasteiger partial charge in [0.15, 0.2) is 0 Å². The maximum Gasteiger partial charge on any atom is -0.0232 e. The zero-order valence-corrected chi connectivity index (χ0v) is 7.77. The van der Waals surface area contributed by atoms with E-state index in [0.29, 0.717) is 0 Å². The molecular formula is C9H17P. The van der Waals surface area contributed by atoms with Crippen molar-refractivity contribution >= 4 is 8.58 Å². The van der Waals surface area contributed by atoms with Gasteiger partial charge in [0.25, 0.3) is 0 Å². The largest absolute Gasteiger partial charge is 0.116 e. The van der Waals surface area contributed by atoms with Crippen LogP contribution in [0.15, 0.2) is 0 Å². The summed E-state index contributed by atoms with van der Waals surface area (Å²) in [5.74, 6) is 1.05. The van der Waals surface area contributed by atoms with Crippen LogP contribution in [0.3, 0.4) is 0 Å². The normalized spacial score (nSPS) is 49.5. The standard InChI is InChI=1S/C9H17P/c1-7-5-8-3-2-4-9(6-7)10-8/h7-10H,2-6H2,1H3. The average molecular weight is 156 g/mol. The molecule has 0 radical (unpaired) electrons. The van der Waals surface area contributed by atoms with E-state index >= 15 is 0 Å². The molecule has 2 bridgehead atoms. The van der Waals surface area contributed by atoms with Gasteiger partial charge in [-0.05, 0) is 42.9 Å². The molecule has 0 spiro atoms. The Morgan fingerprint density at radius 3 is 2.30 bits per heavy atom. The van der Waals surface area contributed by atoms with E-state index in [2.05, 4.69) is 6.92 Å². The molecule has 0 saturated carbocycles. The van der Waals surface area contributed by atoms with Crippen LogP contribution in [-0.2, 0) is 0 Å². The molecule has 2 saturated heterocycles. The van der Waals surface area contributed by atoms with Crippen LogP contribution in [0.2, 0.25) is 0 Å². The molecule has 0 aromatic rings.